The lowest BCUT2D eigenvalue weighted by Crippen LogP contribution is -2.03. The van der Waals surface area contributed by atoms with Crippen molar-refractivity contribution in [3.63, 3.8) is 0 Å². The van der Waals surface area contributed by atoms with E-state index in [1.807, 2.05) is 18.2 Å². The van der Waals surface area contributed by atoms with Crippen LogP contribution in [0.2, 0.25) is 0 Å². The smallest absolute Gasteiger partial charge is 0.155 e. The molecule has 0 fully saturated rings. The second-order valence-electron chi connectivity index (χ2n) is 3.69. The maximum absolute atomic E-state index is 5.01. The van der Waals surface area contributed by atoms with Crippen molar-refractivity contribution in [3.05, 3.63) is 36.4 Å². The van der Waals surface area contributed by atoms with Gasteiger partial charge >= 0.3 is 0 Å². The maximum atomic E-state index is 5.01. The third-order valence-electron chi connectivity index (χ3n) is 2.27. The van der Waals surface area contributed by atoms with Gasteiger partial charge in [0.2, 0.25) is 0 Å². The van der Waals surface area contributed by atoms with Crippen molar-refractivity contribution in [1.82, 2.24) is 10.1 Å². The molecule has 0 aromatic carbocycles. The van der Waals surface area contributed by atoms with Gasteiger partial charge in [-0.2, -0.15) is 0 Å². The lowest BCUT2D eigenvalue weighted by molar-refractivity contribution is 0.388. The van der Waals surface area contributed by atoms with Crippen LogP contribution in [0.3, 0.4) is 0 Å². The molecule has 0 aliphatic carbocycles. The molecule has 0 radical (unpaired) electrons. The number of nitrogens with one attached hydrogen (secondary N) is 2. The number of hydrogen-bond acceptors (Lipinski definition) is 5. The van der Waals surface area contributed by atoms with Crippen molar-refractivity contribution < 1.29 is 4.52 Å². The quantitative estimate of drug-likeness (QED) is 0.801. The summed E-state index contributed by atoms with van der Waals surface area (Å²) in [6, 6.07) is 5.74. The van der Waals surface area contributed by atoms with Gasteiger partial charge in [0, 0.05) is 30.6 Å². The van der Waals surface area contributed by atoms with E-state index in [9.17, 15) is 0 Å². The molecular weight excluding hydrogens is 216 g/mol. The van der Waals surface area contributed by atoms with Crippen molar-refractivity contribution in [3.8, 4) is 0 Å². The van der Waals surface area contributed by atoms with E-state index in [4.69, 9.17) is 4.52 Å². The van der Waals surface area contributed by atoms with Gasteiger partial charge in [0.15, 0.2) is 5.76 Å². The van der Waals surface area contributed by atoms with Gasteiger partial charge < -0.3 is 15.2 Å². The zero-order valence-electron chi connectivity index (χ0n) is 9.81. The summed E-state index contributed by atoms with van der Waals surface area (Å²) in [6.45, 7) is 3.68. The highest BCUT2D eigenvalue weighted by molar-refractivity contribution is 5.51. The molecule has 2 heterocycles. The normalized spacial score (nSPS) is 10.2. The van der Waals surface area contributed by atoms with Crippen molar-refractivity contribution in [2.24, 2.45) is 0 Å². The first kappa shape index (κ1) is 11.4. The van der Waals surface area contributed by atoms with Crippen LogP contribution in [0.25, 0.3) is 0 Å². The highest BCUT2D eigenvalue weighted by atomic mass is 16.5. The number of pyridine rings is 1. The van der Waals surface area contributed by atoms with Crippen LogP contribution in [0, 0.1) is 0 Å². The Hall–Kier alpha value is -2.04. The number of hydrogen-bond donors (Lipinski definition) is 2. The molecule has 0 spiro atoms. The van der Waals surface area contributed by atoms with Crippen molar-refractivity contribution in [2.45, 2.75) is 19.9 Å². The van der Waals surface area contributed by atoms with Crippen LogP contribution in [0.5, 0.6) is 0 Å². The van der Waals surface area contributed by atoms with Gasteiger partial charge in [0.1, 0.15) is 5.82 Å². The van der Waals surface area contributed by atoms with Gasteiger partial charge in [-0.3, -0.25) is 0 Å². The molecule has 0 saturated carbocycles. The van der Waals surface area contributed by atoms with Crippen LogP contribution in [0.1, 0.15) is 19.1 Å². The van der Waals surface area contributed by atoms with Crippen molar-refractivity contribution in [2.75, 3.05) is 17.2 Å². The molecule has 0 bridgehead atoms. The minimum Gasteiger partial charge on any atom is -0.378 e. The number of rotatable bonds is 6. The van der Waals surface area contributed by atoms with E-state index in [0.717, 1.165) is 30.2 Å². The second-order valence-corrected chi connectivity index (χ2v) is 3.69. The summed E-state index contributed by atoms with van der Waals surface area (Å²) >= 11 is 0. The van der Waals surface area contributed by atoms with Crippen LogP contribution in [0.15, 0.2) is 35.1 Å². The zero-order chi connectivity index (χ0) is 11.9. The Morgan fingerprint density at radius 2 is 2.18 bits per heavy atom. The Bertz CT molecular complexity index is 442. The molecule has 5 nitrogen and oxygen atoms in total. The van der Waals surface area contributed by atoms with E-state index in [-0.39, 0.29) is 0 Å². The minimum atomic E-state index is 0.622. The summed E-state index contributed by atoms with van der Waals surface area (Å²) < 4.78 is 5.01. The third kappa shape index (κ3) is 3.48. The first-order valence-electron chi connectivity index (χ1n) is 5.72. The predicted octanol–water partition coefficient (Wildman–Crippen LogP) is 2.50. The molecular formula is C12H16N4O. The summed E-state index contributed by atoms with van der Waals surface area (Å²) in [6.07, 6.45) is 4.50. The Kier molecular flexibility index (Phi) is 3.96. The van der Waals surface area contributed by atoms with Crippen LogP contribution in [-0.2, 0) is 6.54 Å². The summed E-state index contributed by atoms with van der Waals surface area (Å²) in [4.78, 5) is 4.24. The predicted molar refractivity (Wildman–Crippen MR) is 66.8 cm³/mol. The van der Waals surface area contributed by atoms with Crippen LogP contribution in [-0.4, -0.2) is 16.7 Å². The molecule has 17 heavy (non-hydrogen) atoms. The van der Waals surface area contributed by atoms with Gasteiger partial charge in [0.25, 0.3) is 0 Å². The number of aromatic nitrogens is 2. The summed E-state index contributed by atoms with van der Waals surface area (Å²) in [5, 5.41) is 10.1. The molecule has 0 unspecified atom stereocenters. The highest BCUT2D eigenvalue weighted by Gasteiger charge is 1.99. The van der Waals surface area contributed by atoms with Gasteiger partial charge in [-0.25, -0.2) is 4.98 Å². The average molecular weight is 232 g/mol. The fourth-order valence-corrected chi connectivity index (χ4v) is 1.41. The van der Waals surface area contributed by atoms with E-state index >= 15 is 0 Å². The van der Waals surface area contributed by atoms with Gasteiger partial charge in [-0.15, -0.1) is 0 Å². The van der Waals surface area contributed by atoms with E-state index in [1.54, 1.807) is 12.4 Å². The maximum Gasteiger partial charge on any atom is 0.155 e. The Balaban J connectivity index is 1.91. The molecule has 0 atom stereocenters. The fraction of sp³-hybridized carbons (Fsp3) is 0.333. The molecule has 90 valence electrons. The standard InChI is InChI=1S/C12H16N4O/c1-2-5-13-12-8-10(3-6-14-12)15-9-11-4-7-16-17-11/h3-4,6-8H,2,5,9H2,1H3,(H2,13,14,15). The summed E-state index contributed by atoms with van der Waals surface area (Å²) in [5.74, 6) is 1.69. The van der Waals surface area contributed by atoms with E-state index in [2.05, 4.69) is 27.7 Å². The molecule has 0 amide bonds. The topological polar surface area (TPSA) is 63.0 Å². The average Bonchev–Trinajstić information content (AvgIpc) is 2.87. The summed E-state index contributed by atoms with van der Waals surface area (Å²) in [7, 11) is 0. The SMILES string of the molecule is CCCNc1cc(NCc2ccno2)ccn1. The molecule has 2 aromatic rings. The molecule has 0 aliphatic heterocycles. The molecule has 2 aromatic heterocycles. The monoisotopic (exact) mass is 232 g/mol. The first-order valence-corrected chi connectivity index (χ1v) is 5.72. The van der Waals surface area contributed by atoms with Gasteiger partial charge in [-0.1, -0.05) is 12.1 Å². The zero-order valence-corrected chi connectivity index (χ0v) is 9.81. The first-order chi connectivity index (χ1) is 8.38. The molecule has 2 N–H and O–H groups in total. The lowest BCUT2D eigenvalue weighted by atomic mass is 10.3. The Morgan fingerprint density at radius 3 is 2.94 bits per heavy atom. The molecule has 5 heteroatoms. The summed E-state index contributed by atoms with van der Waals surface area (Å²) in [5.41, 5.74) is 1.01. The highest BCUT2D eigenvalue weighted by Crippen LogP contribution is 2.13. The van der Waals surface area contributed by atoms with E-state index in [1.165, 1.54) is 0 Å². The van der Waals surface area contributed by atoms with Gasteiger partial charge in [0.05, 0.1) is 12.7 Å². The van der Waals surface area contributed by atoms with Crippen LogP contribution < -0.4 is 10.6 Å². The van der Waals surface area contributed by atoms with Crippen LogP contribution in [0.4, 0.5) is 11.5 Å². The fourth-order valence-electron chi connectivity index (χ4n) is 1.41. The number of nitrogens with zero attached hydrogens (tertiary/aromatic N) is 2. The van der Waals surface area contributed by atoms with E-state index < -0.39 is 0 Å². The van der Waals surface area contributed by atoms with Crippen molar-refractivity contribution >= 4 is 11.5 Å². The molecule has 0 aliphatic rings. The molecule has 2 rings (SSSR count). The van der Waals surface area contributed by atoms with E-state index in [0.29, 0.717) is 6.54 Å². The van der Waals surface area contributed by atoms with Crippen molar-refractivity contribution in [1.29, 1.82) is 0 Å². The van der Waals surface area contributed by atoms with Gasteiger partial charge in [-0.05, 0) is 12.5 Å². The lowest BCUT2D eigenvalue weighted by Gasteiger charge is -2.07. The Labute approximate surface area is 100 Å². The number of anilines is 2. The largest absolute Gasteiger partial charge is 0.378 e. The minimum absolute atomic E-state index is 0.622. The van der Waals surface area contributed by atoms with Crippen LogP contribution >= 0.6 is 0 Å². The third-order valence-corrected chi connectivity index (χ3v) is 2.27. The second kappa shape index (κ2) is 5.89. The molecule has 0 saturated heterocycles. The Morgan fingerprint density at radius 1 is 1.24 bits per heavy atom.